The van der Waals surface area contributed by atoms with Crippen LogP contribution in [0.3, 0.4) is 0 Å². The van der Waals surface area contributed by atoms with Crippen LogP contribution in [0.5, 0.6) is 0 Å². The largest absolute Gasteiger partial charge is 0.469 e. The lowest BCUT2D eigenvalue weighted by Crippen LogP contribution is -2.06. The standard InChI is InChI=1S/C27H29N3O3/c1-32-27(31)14-16-33-19-24-17-23(13-15-28-24)30-22-11-9-20(10-12-22)5-4-6-21-18-29-26-8-3-2-7-25(21)26/h2-3,7-13,15,17-18,29H,4-6,14,16,19H2,1H3,(H,28,30). The van der Waals surface area contributed by atoms with Gasteiger partial charge in [0.25, 0.3) is 0 Å². The molecule has 0 radical (unpaired) electrons. The van der Waals surface area contributed by atoms with E-state index in [0.717, 1.165) is 36.3 Å². The van der Waals surface area contributed by atoms with Gasteiger partial charge in [-0.05, 0) is 60.7 Å². The minimum atomic E-state index is -0.278. The Balaban J connectivity index is 1.25. The van der Waals surface area contributed by atoms with Gasteiger partial charge in [0.2, 0.25) is 0 Å². The van der Waals surface area contributed by atoms with Gasteiger partial charge in [-0.3, -0.25) is 9.78 Å². The summed E-state index contributed by atoms with van der Waals surface area (Å²) in [4.78, 5) is 18.8. The zero-order chi connectivity index (χ0) is 22.9. The third kappa shape index (κ3) is 6.43. The van der Waals surface area contributed by atoms with Crippen LogP contribution in [-0.2, 0) is 33.7 Å². The zero-order valence-electron chi connectivity index (χ0n) is 18.8. The molecule has 0 bridgehead atoms. The first kappa shape index (κ1) is 22.6. The second-order valence-corrected chi connectivity index (χ2v) is 7.95. The van der Waals surface area contributed by atoms with Crippen LogP contribution in [0.15, 0.2) is 73.1 Å². The van der Waals surface area contributed by atoms with Gasteiger partial charge in [0.05, 0.1) is 32.4 Å². The summed E-state index contributed by atoms with van der Waals surface area (Å²) in [5.74, 6) is -0.278. The molecular formula is C27H29N3O3. The first-order valence-electron chi connectivity index (χ1n) is 11.2. The van der Waals surface area contributed by atoms with Crippen molar-refractivity contribution < 1.29 is 14.3 Å². The Kier molecular flexibility index (Phi) is 7.72. The Bertz CT molecular complexity index is 1180. The number of pyridine rings is 1. The Morgan fingerprint density at radius 3 is 2.73 bits per heavy atom. The van der Waals surface area contributed by atoms with Crippen molar-refractivity contribution in [3.63, 3.8) is 0 Å². The Labute approximate surface area is 194 Å². The smallest absolute Gasteiger partial charge is 0.307 e. The zero-order valence-corrected chi connectivity index (χ0v) is 18.8. The van der Waals surface area contributed by atoms with Gasteiger partial charge in [-0.1, -0.05) is 30.3 Å². The van der Waals surface area contributed by atoms with E-state index < -0.39 is 0 Å². The van der Waals surface area contributed by atoms with E-state index in [9.17, 15) is 4.79 Å². The summed E-state index contributed by atoms with van der Waals surface area (Å²) < 4.78 is 10.1. The van der Waals surface area contributed by atoms with Gasteiger partial charge in [0.1, 0.15) is 0 Å². The molecule has 0 aliphatic heterocycles. The fourth-order valence-electron chi connectivity index (χ4n) is 3.81. The number of carbonyl (C=O) groups is 1. The molecule has 0 fully saturated rings. The lowest BCUT2D eigenvalue weighted by atomic mass is 10.0. The van der Waals surface area contributed by atoms with Gasteiger partial charge >= 0.3 is 5.97 Å². The van der Waals surface area contributed by atoms with Gasteiger partial charge in [0, 0.05) is 34.7 Å². The van der Waals surface area contributed by atoms with Crippen molar-refractivity contribution in [1.82, 2.24) is 9.97 Å². The predicted octanol–water partition coefficient (Wildman–Crippen LogP) is 5.56. The molecule has 33 heavy (non-hydrogen) atoms. The number of aryl methyl sites for hydroxylation is 2. The van der Waals surface area contributed by atoms with Crippen LogP contribution < -0.4 is 5.32 Å². The molecule has 2 aromatic carbocycles. The van der Waals surface area contributed by atoms with Crippen LogP contribution in [-0.4, -0.2) is 29.7 Å². The number of hydrogen-bond acceptors (Lipinski definition) is 5. The molecule has 0 spiro atoms. The number of H-pyrrole nitrogens is 1. The molecule has 2 aromatic heterocycles. The van der Waals surface area contributed by atoms with Crippen LogP contribution in [0.2, 0.25) is 0 Å². The number of anilines is 2. The number of ether oxygens (including phenoxy) is 2. The number of aromatic nitrogens is 2. The molecule has 2 N–H and O–H groups in total. The molecule has 0 aliphatic rings. The van der Waals surface area contributed by atoms with Crippen molar-refractivity contribution in [1.29, 1.82) is 0 Å². The summed E-state index contributed by atoms with van der Waals surface area (Å²) in [6.45, 7) is 0.662. The maximum Gasteiger partial charge on any atom is 0.307 e. The molecule has 2 heterocycles. The van der Waals surface area contributed by atoms with Crippen molar-refractivity contribution in [2.45, 2.75) is 32.3 Å². The Morgan fingerprint density at radius 2 is 1.88 bits per heavy atom. The average Bonchev–Trinajstić information content (AvgIpc) is 3.26. The molecule has 0 unspecified atom stereocenters. The molecule has 0 aliphatic carbocycles. The first-order valence-corrected chi connectivity index (χ1v) is 11.2. The highest BCUT2D eigenvalue weighted by atomic mass is 16.5. The molecule has 4 rings (SSSR count). The monoisotopic (exact) mass is 443 g/mol. The maximum atomic E-state index is 11.1. The van der Waals surface area contributed by atoms with Crippen LogP contribution in [0.4, 0.5) is 11.4 Å². The van der Waals surface area contributed by atoms with Gasteiger partial charge in [-0.25, -0.2) is 0 Å². The number of carbonyl (C=O) groups excluding carboxylic acids is 1. The minimum Gasteiger partial charge on any atom is -0.469 e. The fourth-order valence-corrected chi connectivity index (χ4v) is 3.81. The lowest BCUT2D eigenvalue weighted by Gasteiger charge is -2.09. The summed E-state index contributed by atoms with van der Waals surface area (Å²) in [6.07, 6.45) is 7.33. The molecule has 170 valence electrons. The second kappa shape index (κ2) is 11.3. The summed E-state index contributed by atoms with van der Waals surface area (Å²) in [5, 5.41) is 4.74. The van der Waals surface area contributed by atoms with Crippen molar-refractivity contribution in [3.05, 3.63) is 89.9 Å². The van der Waals surface area contributed by atoms with Gasteiger partial charge in [-0.15, -0.1) is 0 Å². The van der Waals surface area contributed by atoms with E-state index in [2.05, 4.69) is 74.7 Å². The average molecular weight is 444 g/mol. The van der Waals surface area contributed by atoms with Crippen molar-refractivity contribution in [3.8, 4) is 0 Å². The third-order valence-corrected chi connectivity index (χ3v) is 5.57. The van der Waals surface area contributed by atoms with Crippen LogP contribution >= 0.6 is 0 Å². The highest BCUT2D eigenvalue weighted by molar-refractivity contribution is 5.83. The molecule has 0 saturated carbocycles. The molecule has 6 heteroatoms. The number of esters is 1. The number of benzene rings is 2. The van der Waals surface area contributed by atoms with E-state index in [4.69, 9.17) is 4.74 Å². The number of aromatic amines is 1. The maximum absolute atomic E-state index is 11.1. The molecular weight excluding hydrogens is 414 g/mol. The number of fused-ring (bicyclic) bond motifs is 1. The van der Waals surface area contributed by atoms with Gasteiger partial charge < -0.3 is 19.8 Å². The summed E-state index contributed by atoms with van der Waals surface area (Å²) in [7, 11) is 1.37. The number of rotatable bonds is 11. The first-order chi connectivity index (χ1) is 16.2. The topological polar surface area (TPSA) is 76.2 Å². The van der Waals surface area contributed by atoms with Gasteiger partial charge in [-0.2, -0.15) is 0 Å². The van der Waals surface area contributed by atoms with E-state index in [1.54, 1.807) is 6.20 Å². The molecule has 6 nitrogen and oxygen atoms in total. The number of para-hydroxylation sites is 1. The Hall–Kier alpha value is -3.64. The lowest BCUT2D eigenvalue weighted by molar-refractivity contribution is -0.141. The Morgan fingerprint density at radius 1 is 1.03 bits per heavy atom. The number of nitrogens with zero attached hydrogens (tertiary/aromatic N) is 1. The van der Waals surface area contributed by atoms with Crippen LogP contribution in [0.25, 0.3) is 10.9 Å². The van der Waals surface area contributed by atoms with Crippen molar-refractivity contribution in [2.24, 2.45) is 0 Å². The SMILES string of the molecule is COC(=O)CCOCc1cc(Nc2ccc(CCCc3c[nH]c4ccccc34)cc2)ccn1. The van der Waals surface area contributed by atoms with Crippen molar-refractivity contribution in [2.75, 3.05) is 19.0 Å². The van der Waals surface area contributed by atoms with E-state index in [0.29, 0.717) is 13.2 Å². The summed E-state index contributed by atoms with van der Waals surface area (Å²) >= 11 is 0. The van der Waals surface area contributed by atoms with E-state index in [1.807, 2.05) is 12.1 Å². The normalized spacial score (nSPS) is 10.9. The van der Waals surface area contributed by atoms with Crippen LogP contribution in [0, 0.1) is 0 Å². The molecule has 0 saturated heterocycles. The summed E-state index contributed by atoms with van der Waals surface area (Å²) in [5.41, 5.74) is 6.69. The third-order valence-electron chi connectivity index (χ3n) is 5.57. The van der Waals surface area contributed by atoms with Gasteiger partial charge in [0.15, 0.2) is 0 Å². The minimum absolute atomic E-state index is 0.239. The van der Waals surface area contributed by atoms with E-state index >= 15 is 0 Å². The van der Waals surface area contributed by atoms with E-state index in [-0.39, 0.29) is 12.4 Å². The molecule has 0 atom stereocenters. The number of hydrogen-bond donors (Lipinski definition) is 2. The number of nitrogens with one attached hydrogen (secondary N) is 2. The molecule has 0 amide bonds. The number of methoxy groups -OCH3 is 1. The highest BCUT2D eigenvalue weighted by Crippen LogP contribution is 2.21. The van der Waals surface area contributed by atoms with E-state index in [1.165, 1.54) is 29.1 Å². The fraction of sp³-hybridized carbons (Fsp3) is 0.259. The second-order valence-electron chi connectivity index (χ2n) is 7.95. The quantitative estimate of drug-likeness (QED) is 0.234. The highest BCUT2D eigenvalue weighted by Gasteiger charge is 2.04. The van der Waals surface area contributed by atoms with Crippen molar-refractivity contribution >= 4 is 28.2 Å². The molecule has 4 aromatic rings. The predicted molar refractivity (Wildman–Crippen MR) is 131 cm³/mol. The summed E-state index contributed by atoms with van der Waals surface area (Å²) in [6, 6.07) is 20.9. The van der Waals surface area contributed by atoms with Crippen LogP contribution in [0.1, 0.15) is 29.7 Å².